The van der Waals surface area contributed by atoms with Crippen LogP contribution in [-0.4, -0.2) is 92.8 Å². The first-order valence-corrected chi connectivity index (χ1v) is 18.2. The van der Waals surface area contributed by atoms with Gasteiger partial charge in [-0.1, -0.05) is 18.1 Å². The highest BCUT2D eigenvalue weighted by atomic mass is 32.2. The molecule has 0 saturated carbocycles. The van der Waals surface area contributed by atoms with E-state index in [9.17, 15) is 18.3 Å². The van der Waals surface area contributed by atoms with Crippen LogP contribution in [0.2, 0.25) is 0 Å². The van der Waals surface area contributed by atoms with Gasteiger partial charge >= 0.3 is 0 Å². The molecule has 49 heavy (non-hydrogen) atoms. The van der Waals surface area contributed by atoms with Gasteiger partial charge in [-0.05, 0) is 89.9 Å². The van der Waals surface area contributed by atoms with Crippen LogP contribution in [0.25, 0.3) is 0 Å². The number of amides is 1. The average Bonchev–Trinajstić information content (AvgIpc) is 3.67. The highest BCUT2D eigenvalue weighted by Crippen LogP contribution is 2.33. The topological polar surface area (TPSA) is 153 Å². The van der Waals surface area contributed by atoms with Crippen LogP contribution in [0.5, 0.6) is 17.2 Å². The first kappa shape index (κ1) is 36.4. The van der Waals surface area contributed by atoms with Crippen LogP contribution in [0.1, 0.15) is 67.4 Å². The Balaban J connectivity index is 1.41. The third-order valence-corrected chi connectivity index (χ3v) is 10.5. The first-order valence-electron chi connectivity index (χ1n) is 16.7. The van der Waals surface area contributed by atoms with Crippen molar-refractivity contribution < 1.29 is 41.8 Å². The summed E-state index contributed by atoms with van der Waals surface area (Å²) in [6.07, 6.45) is 2.00. The van der Waals surface area contributed by atoms with Gasteiger partial charge in [0, 0.05) is 37.8 Å². The summed E-state index contributed by atoms with van der Waals surface area (Å²) in [5.74, 6) is 1.46. The predicted octanol–water partition coefficient (Wildman–Crippen LogP) is 4.75. The summed E-state index contributed by atoms with van der Waals surface area (Å²) in [5.41, 5.74) is 1.68. The molecule has 14 heteroatoms. The van der Waals surface area contributed by atoms with E-state index >= 15 is 0 Å². The summed E-state index contributed by atoms with van der Waals surface area (Å²) in [6.45, 7) is 10.9. The van der Waals surface area contributed by atoms with Crippen molar-refractivity contribution in [3.8, 4) is 17.2 Å². The summed E-state index contributed by atoms with van der Waals surface area (Å²) in [4.78, 5) is 18.2. The quantitative estimate of drug-likeness (QED) is 0.318. The number of aliphatic hydroxyl groups excluding tert-OH is 1. The molecule has 5 rings (SSSR count). The van der Waals surface area contributed by atoms with Crippen molar-refractivity contribution in [3.05, 3.63) is 59.0 Å². The molecule has 4 atom stereocenters. The monoisotopic (exact) mass is 700 g/mol. The van der Waals surface area contributed by atoms with Crippen LogP contribution >= 0.6 is 0 Å². The van der Waals surface area contributed by atoms with Crippen molar-refractivity contribution in [2.45, 2.75) is 83.6 Å². The molecule has 0 saturated heterocycles. The highest BCUT2D eigenvalue weighted by Gasteiger charge is 2.31. The predicted molar refractivity (Wildman–Crippen MR) is 183 cm³/mol. The van der Waals surface area contributed by atoms with E-state index < -0.39 is 22.0 Å². The molecule has 1 aromatic heterocycles. The normalized spacial score (nSPS) is 21.2. The number of rotatable bonds is 9. The molecule has 3 heterocycles. The molecule has 2 aliphatic rings. The molecule has 2 aromatic carbocycles. The number of aromatic nitrogens is 1. The maximum absolute atomic E-state index is 14.4. The molecule has 0 fully saturated rings. The lowest BCUT2D eigenvalue weighted by atomic mass is 10.0. The zero-order valence-corrected chi connectivity index (χ0v) is 29.9. The molecule has 1 amide bonds. The standard InChI is InChI=1S/C35H48N4O9S/c1-22-17-39(23(2)20-40)35(41)29-16-28(37-49(42,43)34-25(4)36-48-26(34)5)11-13-30(29)47-24(3)9-7-8-14-44-33(22)19-38(6)18-27-10-12-31-32(15-27)46-21-45-31/h10-13,15-16,22-24,33,37,40H,7-9,14,17-21H2,1-6H3/t22-,23+,24+,33-/m0/s1. The number of carbonyl (C=O) groups excluding carboxylic acids is 1. The van der Waals surface area contributed by atoms with E-state index in [1.165, 1.54) is 13.0 Å². The molecular formula is C35H48N4O9S. The number of aryl methyl sites for hydroxylation is 2. The van der Waals surface area contributed by atoms with Gasteiger partial charge in [-0.2, -0.15) is 0 Å². The molecule has 0 unspecified atom stereocenters. The van der Waals surface area contributed by atoms with Gasteiger partial charge in [0.25, 0.3) is 15.9 Å². The largest absolute Gasteiger partial charge is 0.490 e. The second-order valence-electron chi connectivity index (χ2n) is 13.2. The van der Waals surface area contributed by atoms with Crippen LogP contribution in [0.15, 0.2) is 45.8 Å². The number of ether oxygens (including phenoxy) is 4. The summed E-state index contributed by atoms with van der Waals surface area (Å²) in [7, 11) is -2.04. The lowest BCUT2D eigenvalue weighted by Crippen LogP contribution is -2.47. The number of hydrogen-bond acceptors (Lipinski definition) is 11. The fourth-order valence-electron chi connectivity index (χ4n) is 6.24. The Bertz CT molecular complexity index is 1690. The van der Waals surface area contributed by atoms with Crippen molar-refractivity contribution in [1.82, 2.24) is 15.0 Å². The van der Waals surface area contributed by atoms with E-state index in [1.807, 2.05) is 39.1 Å². The van der Waals surface area contributed by atoms with Gasteiger partial charge in [-0.3, -0.25) is 14.4 Å². The van der Waals surface area contributed by atoms with Crippen molar-refractivity contribution in [2.24, 2.45) is 5.92 Å². The van der Waals surface area contributed by atoms with E-state index in [2.05, 4.69) is 14.8 Å². The molecule has 0 radical (unpaired) electrons. The number of nitrogens with zero attached hydrogens (tertiary/aromatic N) is 3. The van der Waals surface area contributed by atoms with Crippen LogP contribution in [-0.2, 0) is 21.3 Å². The SMILES string of the molecule is Cc1noc(C)c1S(=O)(=O)Nc1ccc2c(c1)C(=O)N([C@H](C)CO)C[C@H](C)[C@H](CN(C)Cc1ccc3c(c1)OCO3)OCCCC[C@@H](C)O2. The van der Waals surface area contributed by atoms with Crippen molar-refractivity contribution >= 4 is 21.6 Å². The zero-order valence-electron chi connectivity index (χ0n) is 29.1. The van der Waals surface area contributed by atoms with Crippen LogP contribution in [0, 0.1) is 19.8 Å². The van der Waals surface area contributed by atoms with Gasteiger partial charge in [0.15, 0.2) is 22.2 Å². The van der Waals surface area contributed by atoms with Crippen molar-refractivity contribution in [3.63, 3.8) is 0 Å². The molecule has 2 N–H and O–H groups in total. The van der Waals surface area contributed by atoms with E-state index in [1.54, 1.807) is 30.9 Å². The van der Waals surface area contributed by atoms with Crippen molar-refractivity contribution in [1.29, 1.82) is 0 Å². The Morgan fingerprint density at radius 3 is 2.57 bits per heavy atom. The number of carbonyl (C=O) groups is 1. The molecule has 3 aromatic rings. The Labute approximate surface area is 288 Å². The third-order valence-electron chi connectivity index (χ3n) is 8.92. The lowest BCUT2D eigenvalue weighted by molar-refractivity contribution is -0.0177. The van der Waals surface area contributed by atoms with Crippen LogP contribution < -0.4 is 18.9 Å². The Hall–Kier alpha value is -3.85. The van der Waals surface area contributed by atoms with E-state index in [4.69, 9.17) is 23.5 Å². The number of likely N-dealkylation sites (N-methyl/N-ethyl adjacent to an activating group) is 1. The van der Waals surface area contributed by atoms with Gasteiger partial charge in [0.2, 0.25) is 6.79 Å². The number of anilines is 1. The minimum atomic E-state index is -4.07. The third kappa shape index (κ3) is 8.85. The fourth-order valence-corrected chi connectivity index (χ4v) is 7.62. The molecule has 268 valence electrons. The Morgan fingerprint density at radius 1 is 1.08 bits per heavy atom. The number of fused-ring (bicyclic) bond motifs is 2. The van der Waals surface area contributed by atoms with Gasteiger partial charge in [-0.25, -0.2) is 8.42 Å². The Kier molecular flexibility index (Phi) is 11.7. The zero-order chi connectivity index (χ0) is 35.3. The molecule has 0 aliphatic carbocycles. The van der Waals surface area contributed by atoms with Gasteiger partial charge in [0.05, 0.1) is 30.4 Å². The van der Waals surface area contributed by atoms with Gasteiger partial charge < -0.3 is 33.5 Å². The maximum Gasteiger partial charge on any atom is 0.267 e. The number of aliphatic hydroxyl groups is 1. The first-order chi connectivity index (χ1) is 23.4. The summed E-state index contributed by atoms with van der Waals surface area (Å²) < 4.78 is 58.1. The fraction of sp³-hybridized carbons (Fsp3) is 0.543. The Morgan fingerprint density at radius 2 is 1.84 bits per heavy atom. The summed E-state index contributed by atoms with van der Waals surface area (Å²) in [6, 6.07) is 10.1. The molecule has 13 nitrogen and oxygen atoms in total. The molecular weight excluding hydrogens is 652 g/mol. The lowest BCUT2D eigenvalue weighted by Gasteiger charge is -2.36. The number of hydrogen-bond donors (Lipinski definition) is 2. The number of benzene rings is 2. The average molecular weight is 701 g/mol. The number of sulfonamides is 1. The maximum atomic E-state index is 14.4. The van der Waals surface area contributed by atoms with E-state index in [0.29, 0.717) is 25.4 Å². The minimum absolute atomic E-state index is 0.0531. The second kappa shape index (κ2) is 15.8. The van der Waals surface area contributed by atoms with Crippen molar-refractivity contribution in [2.75, 3.05) is 44.9 Å². The molecule has 0 bridgehead atoms. The van der Waals surface area contributed by atoms with Crippen LogP contribution in [0.3, 0.4) is 0 Å². The van der Waals surface area contributed by atoms with Gasteiger partial charge in [0.1, 0.15) is 11.4 Å². The molecule has 0 spiro atoms. The second-order valence-corrected chi connectivity index (χ2v) is 14.8. The summed E-state index contributed by atoms with van der Waals surface area (Å²) in [5, 5.41) is 14.0. The molecule has 2 aliphatic heterocycles. The highest BCUT2D eigenvalue weighted by molar-refractivity contribution is 7.92. The smallest absolute Gasteiger partial charge is 0.267 e. The minimum Gasteiger partial charge on any atom is -0.490 e. The van der Waals surface area contributed by atoms with E-state index in [-0.39, 0.29) is 65.7 Å². The number of nitrogens with one attached hydrogen (secondary N) is 1. The summed E-state index contributed by atoms with van der Waals surface area (Å²) >= 11 is 0. The van der Waals surface area contributed by atoms with E-state index in [0.717, 1.165) is 36.3 Å². The van der Waals surface area contributed by atoms with Gasteiger partial charge in [-0.15, -0.1) is 0 Å². The van der Waals surface area contributed by atoms with Crippen LogP contribution in [0.4, 0.5) is 5.69 Å².